The van der Waals surface area contributed by atoms with Crippen LogP contribution < -0.4 is 39.6 Å². The fourth-order valence-electron chi connectivity index (χ4n) is 4.75. The summed E-state index contributed by atoms with van der Waals surface area (Å²) in [6, 6.07) is 25.2. The predicted octanol–water partition coefficient (Wildman–Crippen LogP) is 0.634. The predicted molar refractivity (Wildman–Crippen MR) is 132 cm³/mol. The van der Waals surface area contributed by atoms with Gasteiger partial charge in [-0.05, 0) is 47.7 Å². The van der Waals surface area contributed by atoms with Crippen LogP contribution in [0.4, 0.5) is 5.69 Å². The van der Waals surface area contributed by atoms with Gasteiger partial charge >= 0.3 is 29.6 Å². The SMILES string of the molecule is N#C/C(=C\c1cn(CC(=O)[O-])c2ccccc12)C(=O)N1Cc2ccccc2CCc2ccccc21.[Na+]. The zero-order valence-corrected chi connectivity index (χ0v) is 22.0. The number of hydrogen-bond donors (Lipinski definition) is 0. The van der Waals surface area contributed by atoms with E-state index in [1.165, 1.54) is 5.56 Å². The molecule has 0 aliphatic carbocycles. The van der Waals surface area contributed by atoms with E-state index in [0.29, 0.717) is 17.6 Å². The first-order valence-corrected chi connectivity index (χ1v) is 11.4. The summed E-state index contributed by atoms with van der Waals surface area (Å²) in [4.78, 5) is 26.7. The number of aryl methyl sites for hydroxylation is 2. The molecule has 0 saturated carbocycles. The van der Waals surface area contributed by atoms with Crippen LogP contribution in [0.1, 0.15) is 22.3 Å². The van der Waals surface area contributed by atoms with Gasteiger partial charge in [0.05, 0.1) is 19.1 Å². The molecule has 1 amide bonds. The Morgan fingerprint density at radius 3 is 2.31 bits per heavy atom. The van der Waals surface area contributed by atoms with E-state index in [-0.39, 0.29) is 41.7 Å². The first kappa shape index (κ1) is 25.5. The van der Waals surface area contributed by atoms with Crippen molar-refractivity contribution in [1.29, 1.82) is 5.26 Å². The molecule has 6 nitrogen and oxygen atoms in total. The molecular weight excluding hydrogens is 461 g/mol. The molecule has 1 aliphatic heterocycles. The Balaban J connectivity index is 0.00000304. The number of fused-ring (bicyclic) bond motifs is 3. The van der Waals surface area contributed by atoms with Crippen molar-refractivity contribution >= 4 is 34.5 Å². The Morgan fingerprint density at radius 2 is 1.56 bits per heavy atom. The molecule has 0 radical (unpaired) electrons. The van der Waals surface area contributed by atoms with E-state index < -0.39 is 11.9 Å². The number of carbonyl (C=O) groups excluding carboxylic acids is 2. The van der Waals surface area contributed by atoms with Crippen LogP contribution in [0.5, 0.6) is 0 Å². The smallest absolute Gasteiger partial charge is 0.548 e. The van der Waals surface area contributed by atoms with Crippen molar-refractivity contribution in [3.63, 3.8) is 0 Å². The van der Waals surface area contributed by atoms with Crippen molar-refractivity contribution in [3.05, 3.63) is 107 Å². The van der Waals surface area contributed by atoms with Gasteiger partial charge in [0.25, 0.3) is 5.91 Å². The van der Waals surface area contributed by atoms with Crippen LogP contribution in [-0.2, 0) is 35.5 Å². The Kier molecular flexibility index (Phi) is 7.76. The standard InChI is InChI=1S/C29H23N3O3.Na/c30-16-23(15-24-17-31(19-28(33)34)27-12-6-4-10-25(24)27)29(35)32-18-22-9-2-1-7-20(22)13-14-21-8-3-5-11-26(21)32;/h1-12,15,17H,13-14,18-19H2,(H,33,34);/q;+1/p-1/b23-15+;. The van der Waals surface area contributed by atoms with Crippen molar-refractivity contribution in [2.24, 2.45) is 0 Å². The van der Waals surface area contributed by atoms with Gasteiger partial charge in [-0.1, -0.05) is 60.7 Å². The fraction of sp³-hybridized carbons (Fsp3) is 0.138. The summed E-state index contributed by atoms with van der Waals surface area (Å²) in [6.45, 7) is 0.0396. The number of carboxylic acids is 1. The summed E-state index contributed by atoms with van der Waals surface area (Å²) in [7, 11) is 0. The minimum absolute atomic E-state index is 0. The van der Waals surface area contributed by atoms with Gasteiger partial charge in [0, 0.05) is 28.4 Å². The van der Waals surface area contributed by atoms with Crippen LogP contribution in [0.15, 0.2) is 84.6 Å². The Bertz CT molecular complexity index is 1530. The van der Waals surface area contributed by atoms with Gasteiger partial charge in [-0.25, -0.2) is 0 Å². The second kappa shape index (κ2) is 11.0. The average molecular weight is 484 g/mol. The normalized spacial score (nSPS) is 13.0. The van der Waals surface area contributed by atoms with Crippen molar-refractivity contribution in [2.75, 3.05) is 4.90 Å². The molecule has 1 aromatic heterocycles. The van der Waals surface area contributed by atoms with Crippen LogP contribution in [0, 0.1) is 11.3 Å². The van der Waals surface area contributed by atoms with Crippen molar-refractivity contribution in [3.8, 4) is 6.07 Å². The summed E-state index contributed by atoms with van der Waals surface area (Å²) >= 11 is 0. The van der Waals surface area contributed by atoms with E-state index in [4.69, 9.17) is 0 Å². The van der Waals surface area contributed by atoms with Gasteiger partial charge in [-0.3, -0.25) is 4.79 Å². The number of anilines is 1. The molecule has 0 saturated heterocycles. The Hall–Kier alpha value is -3.63. The van der Waals surface area contributed by atoms with E-state index in [9.17, 15) is 20.0 Å². The van der Waals surface area contributed by atoms with Crippen LogP contribution in [0.3, 0.4) is 0 Å². The summed E-state index contributed by atoms with van der Waals surface area (Å²) in [5.74, 6) is -1.61. The molecule has 5 rings (SSSR count). The maximum atomic E-state index is 13.8. The van der Waals surface area contributed by atoms with Crippen molar-refractivity contribution in [2.45, 2.75) is 25.9 Å². The van der Waals surface area contributed by atoms with Crippen LogP contribution in [0.25, 0.3) is 17.0 Å². The molecule has 0 atom stereocenters. The molecule has 0 N–H and O–H groups in total. The van der Waals surface area contributed by atoms with Crippen molar-refractivity contribution in [1.82, 2.24) is 4.57 Å². The molecule has 7 heteroatoms. The molecule has 0 unspecified atom stereocenters. The van der Waals surface area contributed by atoms with E-state index >= 15 is 0 Å². The van der Waals surface area contributed by atoms with E-state index in [1.807, 2.05) is 60.7 Å². The quantitative estimate of drug-likeness (QED) is 0.242. The summed E-state index contributed by atoms with van der Waals surface area (Å²) in [5, 5.41) is 22.0. The number of rotatable bonds is 4. The van der Waals surface area contributed by atoms with E-state index in [1.54, 1.807) is 27.8 Å². The molecule has 1 aliphatic rings. The van der Waals surface area contributed by atoms with Gasteiger partial charge in [-0.2, -0.15) is 5.26 Å². The number of carbonyl (C=O) groups is 2. The number of carboxylic acid groups (broad SMARTS) is 1. The number of nitrogens with zero attached hydrogens (tertiary/aromatic N) is 3. The molecular formula is C29H22N3NaO3. The number of para-hydroxylation sites is 2. The van der Waals surface area contributed by atoms with Gasteiger partial charge in [0.15, 0.2) is 0 Å². The maximum absolute atomic E-state index is 13.8. The average Bonchev–Trinajstić information content (AvgIpc) is 3.20. The monoisotopic (exact) mass is 483 g/mol. The van der Waals surface area contributed by atoms with Crippen LogP contribution >= 0.6 is 0 Å². The summed E-state index contributed by atoms with van der Waals surface area (Å²) < 4.78 is 1.55. The van der Waals surface area contributed by atoms with Gasteiger partial charge < -0.3 is 19.4 Å². The minimum atomic E-state index is -1.21. The number of amides is 1. The molecule has 36 heavy (non-hydrogen) atoms. The second-order valence-corrected chi connectivity index (χ2v) is 8.56. The minimum Gasteiger partial charge on any atom is -0.548 e. The molecule has 0 fully saturated rings. The van der Waals surface area contributed by atoms with Gasteiger partial charge in [0.1, 0.15) is 11.6 Å². The topological polar surface area (TPSA) is 89.2 Å². The number of nitriles is 1. The molecule has 0 spiro atoms. The van der Waals surface area contributed by atoms with E-state index in [0.717, 1.165) is 35.0 Å². The maximum Gasteiger partial charge on any atom is 1.00 e. The van der Waals surface area contributed by atoms with Gasteiger partial charge in [0.2, 0.25) is 0 Å². The molecule has 0 bridgehead atoms. The fourth-order valence-corrected chi connectivity index (χ4v) is 4.75. The molecule has 2 heterocycles. The first-order chi connectivity index (χ1) is 17.0. The van der Waals surface area contributed by atoms with Crippen molar-refractivity contribution < 1.29 is 44.3 Å². The zero-order chi connectivity index (χ0) is 24.4. The Morgan fingerprint density at radius 1 is 0.917 bits per heavy atom. The van der Waals surface area contributed by atoms with Gasteiger partial charge in [-0.15, -0.1) is 0 Å². The van der Waals surface area contributed by atoms with Crippen LogP contribution in [-0.4, -0.2) is 16.4 Å². The van der Waals surface area contributed by atoms with Crippen LogP contribution in [0.2, 0.25) is 0 Å². The third-order valence-corrected chi connectivity index (χ3v) is 6.41. The molecule has 3 aromatic carbocycles. The Labute approximate surface area is 231 Å². The summed E-state index contributed by atoms with van der Waals surface area (Å²) in [6.07, 6.45) is 4.86. The zero-order valence-electron chi connectivity index (χ0n) is 20.0. The number of hydrogen-bond acceptors (Lipinski definition) is 4. The molecule has 4 aromatic rings. The van der Waals surface area contributed by atoms with E-state index in [2.05, 4.69) is 12.1 Å². The number of aromatic nitrogens is 1. The number of aliphatic carboxylic acids is 1. The third kappa shape index (κ3) is 5.00. The third-order valence-electron chi connectivity index (χ3n) is 6.41. The molecule has 172 valence electrons. The second-order valence-electron chi connectivity index (χ2n) is 8.56. The first-order valence-electron chi connectivity index (χ1n) is 11.4. The number of benzene rings is 3. The largest absolute Gasteiger partial charge is 1.00 e. The summed E-state index contributed by atoms with van der Waals surface area (Å²) in [5.41, 5.74) is 5.37.